The third-order valence-electron chi connectivity index (χ3n) is 2.19. The highest BCUT2D eigenvalue weighted by molar-refractivity contribution is 5.78. The van der Waals surface area contributed by atoms with Gasteiger partial charge in [-0.25, -0.2) is 0 Å². The molecule has 0 aliphatic heterocycles. The van der Waals surface area contributed by atoms with Crippen molar-refractivity contribution in [2.24, 2.45) is 4.99 Å². The Balaban J connectivity index is 3.27. The molecule has 0 saturated carbocycles. The number of nitrogens with zero attached hydrogens (tertiary/aromatic N) is 2. The van der Waals surface area contributed by atoms with Crippen molar-refractivity contribution in [3.8, 4) is 0 Å². The molecule has 0 saturated heterocycles. The molecule has 0 spiro atoms. The van der Waals surface area contributed by atoms with Gasteiger partial charge >= 0.3 is 0 Å². The van der Waals surface area contributed by atoms with E-state index in [4.69, 9.17) is 5.73 Å². The third-order valence-corrected chi connectivity index (χ3v) is 2.19. The fourth-order valence-electron chi connectivity index (χ4n) is 1.48. The van der Waals surface area contributed by atoms with Crippen molar-refractivity contribution in [1.82, 2.24) is 0 Å². The fraction of sp³-hybridized carbons (Fsp3) is 0.417. The summed E-state index contributed by atoms with van der Waals surface area (Å²) < 4.78 is 0. The smallest absolute Gasteiger partial charge is 0.0889 e. The van der Waals surface area contributed by atoms with Crippen molar-refractivity contribution in [2.75, 3.05) is 24.7 Å². The minimum absolute atomic E-state index is 0.784. The molecule has 0 aliphatic rings. The van der Waals surface area contributed by atoms with Crippen LogP contribution in [0, 0.1) is 6.92 Å². The molecule has 1 aromatic rings. The lowest BCUT2D eigenvalue weighted by atomic mass is 10.1. The van der Waals surface area contributed by atoms with Crippen LogP contribution >= 0.6 is 0 Å². The van der Waals surface area contributed by atoms with E-state index in [1.165, 1.54) is 0 Å². The topological polar surface area (TPSA) is 41.6 Å². The summed E-state index contributed by atoms with van der Waals surface area (Å²) in [7, 11) is 4.00. The second kappa shape index (κ2) is 4.82. The maximum Gasteiger partial charge on any atom is 0.0889 e. The van der Waals surface area contributed by atoms with Crippen LogP contribution in [0.25, 0.3) is 0 Å². The van der Waals surface area contributed by atoms with Crippen molar-refractivity contribution in [3.05, 3.63) is 17.7 Å². The lowest BCUT2D eigenvalue weighted by Gasteiger charge is -2.17. The zero-order chi connectivity index (χ0) is 11.4. The molecule has 3 nitrogen and oxygen atoms in total. The number of nitrogen functional groups attached to an aromatic ring is 1. The summed E-state index contributed by atoms with van der Waals surface area (Å²) in [5.74, 6) is 0. The summed E-state index contributed by atoms with van der Waals surface area (Å²) in [6.07, 6.45) is 2.86. The molecule has 1 rings (SSSR count). The van der Waals surface area contributed by atoms with E-state index < -0.39 is 0 Å². The van der Waals surface area contributed by atoms with Crippen LogP contribution in [0.1, 0.15) is 18.9 Å². The van der Waals surface area contributed by atoms with E-state index in [1.54, 1.807) is 0 Å². The molecular weight excluding hydrogens is 186 g/mol. The molecule has 0 amide bonds. The van der Waals surface area contributed by atoms with E-state index in [0.717, 1.165) is 29.0 Å². The molecule has 15 heavy (non-hydrogen) atoms. The molecule has 0 aromatic heterocycles. The molecule has 0 aliphatic carbocycles. The van der Waals surface area contributed by atoms with Crippen molar-refractivity contribution in [1.29, 1.82) is 0 Å². The molecule has 0 unspecified atom stereocenters. The average Bonchev–Trinajstić information content (AvgIpc) is 2.15. The number of aryl methyl sites for hydroxylation is 1. The molecule has 0 atom stereocenters. The largest absolute Gasteiger partial charge is 0.399 e. The number of anilines is 2. The SMILES string of the molecule is CCC=Nc1c(C)cc(N)cc1N(C)C. The quantitative estimate of drug-likeness (QED) is 0.609. The first kappa shape index (κ1) is 11.6. The summed E-state index contributed by atoms with van der Waals surface area (Å²) in [5, 5.41) is 0. The Kier molecular flexibility index (Phi) is 3.72. The first-order valence-corrected chi connectivity index (χ1v) is 5.16. The summed E-state index contributed by atoms with van der Waals surface area (Å²) in [4.78, 5) is 6.50. The summed E-state index contributed by atoms with van der Waals surface area (Å²) in [6, 6.07) is 3.91. The normalized spacial score (nSPS) is 10.9. The van der Waals surface area contributed by atoms with Crippen LogP contribution in [-0.2, 0) is 0 Å². The summed E-state index contributed by atoms with van der Waals surface area (Å²) >= 11 is 0. The first-order valence-electron chi connectivity index (χ1n) is 5.16. The van der Waals surface area contributed by atoms with Crippen LogP contribution in [0.3, 0.4) is 0 Å². The Morgan fingerprint density at radius 3 is 2.60 bits per heavy atom. The van der Waals surface area contributed by atoms with Crippen LogP contribution in [0.2, 0.25) is 0 Å². The number of hydrogen-bond donors (Lipinski definition) is 1. The van der Waals surface area contributed by atoms with Crippen LogP contribution in [0.4, 0.5) is 17.1 Å². The van der Waals surface area contributed by atoms with E-state index in [2.05, 4.69) is 11.9 Å². The molecule has 0 radical (unpaired) electrons. The Bertz CT molecular complexity index is 367. The van der Waals surface area contributed by atoms with Gasteiger partial charge < -0.3 is 10.6 Å². The van der Waals surface area contributed by atoms with Gasteiger partial charge in [0.1, 0.15) is 0 Å². The number of nitrogens with two attached hydrogens (primary N) is 1. The second-order valence-electron chi connectivity index (χ2n) is 3.82. The van der Waals surface area contributed by atoms with Crippen LogP contribution in [0.15, 0.2) is 17.1 Å². The van der Waals surface area contributed by atoms with E-state index >= 15 is 0 Å². The molecule has 0 bridgehead atoms. The average molecular weight is 205 g/mol. The number of benzene rings is 1. The van der Waals surface area contributed by atoms with Gasteiger partial charge in [-0.1, -0.05) is 6.92 Å². The predicted molar refractivity (Wildman–Crippen MR) is 68.4 cm³/mol. The molecule has 3 heteroatoms. The van der Waals surface area contributed by atoms with Gasteiger partial charge in [-0.15, -0.1) is 0 Å². The fourth-order valence-corrected chi connectivity index (χ4v) is 1.48. The first-order chi connectivity index (χ1) is 7.06. The second-order valence-corrected chi connectivity index (χ2v) is 3.82. The Hall–Kier alpha value is -1.51. The van der Waals surface area contributed by atoms with E-state index in [1.807, 2.05) is 44.3 Å². The number of aliphatic imine (C=N–C) groups is 1. The summed E-state index contributed by atoms with van der Waals surface area (Å²) in [5.41, 5.74) is 9.79. The van der Waals surface area contributed by atoms with Crippen molar-refractivity contribution < 1.29 is 0 Å². The monoisotopic (exact) mass is 205 g/mol. The molecule has 2 N–H and O–H groups in total. The van der Waals surface area contributed by atoms with Gasteiger partial charge in [0.25, 0.3) is 0 Å². The molecule has 1 aromatic carbocycles. The van der Waals surface area contributed by atoms with Crippen LogP contribution in [0.5, 0.6) is 0 Å². The maximum atomic E-state index is 5.82. The summed E-state index contributed by atoms with van der Waals surface area (Å²) in [6.45, 7) is 4.11. The Morgan fingerprint density at radius 2 is 2.07 bits per heavy atom. The van der Waals surface area contributed by atoms with Crippen LogP contribution in [-0.4, -0.2) is 20.3 Å². The highest BCUT2D eigenvalue weighted by Gasteiger charge is 2.07. The van der Waals surface area contributed by atoms with Gasteiger partial charge in [0, 0.05) is 26.0 Å². The standard InChI is InChI=1S/C12H19N3/c1-5-6-14-12-9(2)7-10(13)8-11(12)15(3)4/h6-8H,5,13H2,1-4H3. The van der Waals surface area contributed by atoms with E-state index in [9.17, 15) is 0 Å². The minimum Gasteiger partial charge on any atom is -0.399 e. The molecule has 82 valence electrons. The van der Waals surface area contributed by atoms with E-state index in [-0.39, 0.29) is 0 Å². The number of hydrogen-bond acceptors (Lipinski definition) is 3. The zero-order valence-electron chi connectivity index (χ0n) is 9.91. The van der Waals surface area contributed by atoms with Gasteiger partial charge in [-0.3, -0.25) is 4.99 Å². The lowest BCUT2D eigenvalue weighted by molar-refractivity contribution is 1.12. The lowest BCUT2D eigenvalue weighted by Crippen LogP contribution is -2.09. The van der Waals surface area contributed by atoms with Gasteiger partial charge in [-0.2, -0.15) is 0 Å². The maximum absolute atomic E-state index is 5.82. The van der Waals surface area contributed by atoms with Gasteiger partial charge in [0.2, 0.25) is 0 Å². The minimum atomic E-state index is 0.784. The molecule has 0 fully saturated rings. The predicted octanol–water partition coefficient (Wildman–Crippen LogP) is 2.76. The van der Waals surface area contributed by atoms with E-state index in [0.29, 0.717) is 0 Å². The van der Waals surface area contributed by atoms with Crippen LogP contribution < -0.4 is 10.6 Å². The highest BCUT2D eigenvalue weighted by Crippen LogP contribution is 2.33. The zero-order valence-corrected chi connectivity index (χ0v) is 9.91. The molecular formula is C12H19N3. The van der Waals surface area contributed by atoms with Crippen molar-refractivity contribution in [3.63, 3.8) is 0 Å². The van der Waals surface area contributed by atoms with Gasteiger partial charge in [0.15, 0.2) is 0 Å². The third kappa shape index (κ3) is 2.72. The van der Waals surface area contributed by atoms with Gasteiger partial charge in [0.05, 0.1) is 11.4 Å². The number of rotatable bonds is 3. The Morgan fingerprint density at radius 1 is 1.40 bits per heavy atom. The Labute approximate surface area is 91.6 Å². The highest BCUT2D eigenvalue weighted by atomic mass is 15.1. The van der Waals surface area contributed by atoms with Crippen molar-refractivity contribution >= 4 is 23.3 Å². The van der Waals surface area contributed by atoms with Crippen molar-refractivity contribution in [2.45, 2.75) is 20.3 Å². The molecule has 0 heterocycles. The van der Waals surface area contributed by atoms with Gasteiger partial charge in [-0.05, 0) is 31.0 Å².